The first-order valence-corrected chi connectivity index (χ1v) is 11.1. The molecule has 1 aromatic heterocycles. The zero-order valence-corrected chi connectivity index (χ0v) is 18.4. The van der Waals surface area contributed by atoms with E-state index in [1.165, 1.54) is 22.9 Å². The highest BCUT2D eigenvalue weighted by atomic mass is 32.2. The van der Waals surface area contributed by atoms with Crippen LogP contribution in [0.1, 0.15) is 23.6 Å². The molecule has 0 atom stereocenters. The topological polar surface area (TPSA) is 59.3 Å². The Hall–Kier alpha value is -3.38. The summed E-state index contributed by atoms with van der Waals surface area (Å²) in [6, 6.07) is 26.3. The maximum atomic E-state index is 12.4. The molecule has 0 radical (unpaired) electrons. The summed E-state index contributed by atoms with van der Waals surface area (Å²) < 4.78 is 2.16. The van der Waals surface area contributed by atoms with E-state index in [1.54, 1.807) is 0 Å². The number of thioether (sulfide) groups is 1. The van der Waals surface area contributed by atoms with E-state index in [0.717, 1.165) is 27.5 Å². The number of aromatic nitrogens is 2. The standard InChI is InChI=1S/C25H24N4OS/c1-18-12-14-20(15-13-18)16-29-23-11-7-6-10-22(23)26-25(29)31-17-24(30)28-27-19(2)21-8-4-3-5-9-21/h3-15H,16-17H2,1-2H3,(H,28,30)/b27-19+. The van der Waals surface area contributed by atoms with Gasteiger partial charge in [-0.05, 0) is 37.1 Å². The third-order valence-corrected chi connectivity index (χ3v) is 5.93. The molecule has 1 amide bonds. The Morgan fingerprint density at radius 1 is 1.00 bits per heavy atom. The lowest BCUT2D eigenvalue weighted by atomic mass is 10.1. The predicted molar refractivity (Wildman–Crippen MR) is 128 cm³/mol. The average molecular weight is 429 g/mol. The van der Waals surface area contributed by atoms with Crippen molar-refractivity contribution >= 4 is 34.4 Å². The van der Waals surface area contributed by atoms with Gasteiger partial charge in [-0.2, -0.15) is 5.10 Å². The van der Waals surface area contributed by atoms with Crippen molar-refractivity contribution in [2.75, 3.05) is 5.75 Å². The number of para-hydroxylation sites is 2. The van der Waals surface area contributed by atoms with Crippen LogP contribution >= 0.6 is 11.8 Å². The van der Waals surface area contributed by atoms with Crippen LogP contribution in [0.25, 0.3) is 11.0 Å². The van der Waals surface area contributed by atoms with Gasteiger partial charge in [0.25, 0.3) is 5.91 Å². The molecule has 0 saturated carbocycles. The highest BCUT2D eigenvalue weighted by Gasteiger charge is 2.13. The number of rotatable bonds is 7. The van der Waals surface area contributed by atoms with E-state index < -0.39 is 0 Å². The molecule has 0 aliphatic rings. The van der Waals surface area contributed by atoms with Crippen LogP contribution < -0.4 is 5.43 Å². The fraction of sp³-hybridized carbons (Fsp3) is 0.160. The zero-order chi connectivity index (χ0) is 21.6. The van der Waals surface area contributed by atoms with E-state index in [0.29, 0.717) is 6.54 Å². The number of hydrazone groups is 1. The SMILES string of the molecule is C/C(=N\NC(=O)CSc1nc2ccccc2n1Cc1ccc(C)cc1)c1ccccc1. The molecule has 0 saturated heterocycles. The summed E-state index contributed by atoms with van der Waals surface area (Å²) in [4.78, 5) is 17.1. The van der Waals surface area contributed by atoms with Gasteiger partial charge in [0.05, 0.1) is 29.0 Å². The molecule has 0 aliphatic heterocycles. The van der Waals surface area contributed by atoms with Gasteiger partial charge in [0.15, 0.2) is 5.16 Å². The third-order valence-electron chi connectivity index (χ3n) is 4.95. The Kier molecular flexibility index (Phi) is 6.48. The van der Waals surface area contributed by atoms with Crippen molar-refractivity contribution in [3.05, 3.63) is 95.6 Å². The smallest absolute Gasteiger partial charge is 0.250 e. The largest absolute Gasteiger partial charge is 0.314 e. The van der Waals surface area contributed by atoms with Crippen LogP contribution in [0.2, 0.25) is 0 Å². The van der Waals surface area contributed by atoms with Gasteiger partial charge in [-0.15, -0.1) is 0 Å². The van der Waals surface area contributed by atoms with Crippen LogP contribution in [0.15, 0.2) is 89.1 Å². The number of hydrogen-bond donors (Lipinski definition) is 1. The molecule has 156 valence electrons. The Bertz CT molecular complexity index is 1210. The van der Waals surface area contributed by atoms with Gasteiger partial charge in [0.1, 0.15) is 0 Å². The summed E-state index contributed by atoms with van der Waals surface area (Å²) in [5.74, 6) is 0.0808. The summed E-state index contributed by atoms with van der Waals surface area (Å²) in [5.41, 5.74) is 8.82. The maximum absolute atomic E-state index is 12.4. The molecule has 0 fully saturated rings. The van der Waals surface area contributed by atoms with Crippen molar-refractivity contribution < 1.29 is 4.79 Å². The number of nitrogens with one attached hydrogen (secondary N) is 1. The normalized spacial score (nSPS) is 11.6. The van der Waals surface area contributed by atoms with Gasteiger partial charge >= 0.3 is 0 Å². The first-order chi connectivity index (χ1) is 15.1. The maximum Gasteiger partial charge on any atom is 0.250 e. The van der Waals surface area contributed by atoms with E-state index in [-0.39, 0.29) is 11.7 Å². The highest BCUT2D eigenvalue weighted by Crippen LogP contribution is 2.25. The Balaban J connectivity index is 1.47. The Morgan fingerprint density at radius 2 is 1.71 bits per heavy atom. The van der Waals surface area contributed by atoms with Crippen molar-refractivity contribution in [3.63, 3.8) is 0 Å². The lowest BCUT2D eigenvalue weighted by Gasteiger charge is -2.09. The molecule has 0 aliphatic carbocycles. The molecule has 5 nitrogen and oxygen atoms in total. The first-order valence-electron chi connectivity index (χ1n) is 10.1. The van der Waals surface area contributed by atoms with Crippen molar-refractivity contribution in [2.24, 2.45) is 5.10 Å². The highest BCUT2D eigenvalue weighted by molar-refractivity contribution is 7.99. The van der Waals surface area contributed by atoms with Crippen LogP contribution in [0.5, 0.6) is 0 Å². The minimum absolute atomic E-state index is 0.158. The summed E-state index contributed by atoms with van der Waals surface area (Å²) >= 11 is 1.42. The number of hydrogen-bond acceptors (Lipinski definition) is 4. The summed E-state index contributed by atoms with van der Waals surface area (Å²) in [6.45, 7) is 4.66. The number of fused-ring (bicyclic) bond motifs is 1. The molecule has 0 spiro atoms. The zero-order valence-electron chi connectivity index (χ0n) is 17.6. The fourth-order valence-corrected chi connectivity index (χ4v) is 4.05. The summed E-state index contributed by atoms with van der Waals surface area (Å²) in [5, 5.41) is 5.04. The molecule has 31 heavy (non-hydrogen) atoms. The first kappa shape index (κ1) is 20.9. The van der Waals surface area contributed by atoms with E-state index >= 15 is 0 Å². The second kappa shape index (κ2) is 9.62. The van der Waals surface area contributed by atoms with Crippen molar-refractivity contribution in [2.45, 2.75) is 25.5 Å². The van der Waals surface area contributed by atoms with Crippen LogP contribution in [-0.4, -0.2) is 26.9 Å². The van der Waals surface area contributed by atoms with Gasteiger partial charge < -0.3 is 4.57 Å². The summed E-state index contributed by atoms with van der Waals surface area (Å²) in [7, 11) is 0. The minimum atomic E-state index is -0.158. The summed E-state index contributed by atoms with van der Waals surface area (Å²) in [6.07, 6.45) is 0. The second-order valence-electron chi connectivity index (χ2n) is 7.34. The molecular formula is C25H24N4OS. The van der Waals surface area contributed by atoms with Gasteiger partial charge in [0, 0.05) is 0 Å². The number of carbonyl (C=O) groups excluding carboxylic acids is 1. The number of carbonyl (C=O) groups is 1. The number of nitrogens with zero attached hydrogens (tertiary/aromatic N) is 3. The number of benzene rings is 3. The molecule has 1 heterocycles. The van der Waals surface area contributed by atoms with Crippen molar-refractivity contribution in [3.8, 4) is 0 Å². The fourth-order valence-electron chi connectivity index (χ4n) is 3.24. The quantitative estimate of drug-likeness (QED) is 0.255. The van der Waals surface area contributed by atoms with E-state index in [9.17, 15) is 4.79 Å². The van der Waals surface area contributed by atoms with Crippen LogP contribution in [0.3, 0.4) is 0 Å². The Morgan fingerprint density at radius 3 is 2.48 bits per heavy atom. The van der Waals surface area contributed by atoms with Crippen LogP contribution in [-0.2, 0) is 11.3 Å². The lowest BCUT2D eigenvalue weighted by molar-refractivity contribution is -0.118. The molecule has 1 N–H and O–H groups in total. The molecular weight excluding hydrogens is 404 g/mol. The molecule has 0 bridgehead atoms. The van der Waals surface area contributed by atoms with Gasteiger partial charge in [-0.1, -0.05) is 84.1 Å². The van der Waals surface area contributed by atoms with Crippen LogP contribution in [0, 0.1) is 6.92 Å². The van der Waals surface area contributed by atoms with Gasteiger partial charge in [0.2, 0.25) is 0 Å². The lowest BCUT2D eigenvalue weighted by Crippen LogP contribution is -2.21. The molecule has 3 aromatic carbocycles. The molecule has 6 heteroatoms. The minimum Gasteiger partial charge on any atom is -0.314 e. The predicted octanol–water partition coefficient (Wildman–Crippen LogP) is 5.03. The third kappa shape index (κ3) is 5.22. The molecule has 4 aromatic rings. The van der Waals surface area contributed by atoms with E-state index in [2.05, 4.69) is 52.3 Å². The number of aryl methyl sites for hydroxylation is 1. The monoisotopic (exact) mass is 428 g/mol. The number of amides is 1. The molecule has 0 unspecified atom stereocenters. The van der Waals surface area contributed by atoms with Crippen LogP contribution in [0.4, 0.5) is 0 Å². The van der Waals surface area contributed by atoms with Gasteiger partial charge in [-0.3, -0.25) is 4.79 Å². The van der Waals surface area contributed by atoms with Crippen molar-refractivity contribution in [1.82, 2.24) is 15.0 Å². The second-order valence-corrected chi connectivity index (χ2v) is 8.28. The Labute approximate surface area is 186 Å². The average Bonchev–Trinajstić information content (AvgIpc) is 3.15. The number of imidazole rings is 1. The van der Waals surface area contributed by atoms with Gasteiger partial charge in [-0.25, -0.2) is 10.4 Å². The van der Waals surface area contributed by atoms with E-state index in [1.807, 2.05) is 55.5 Å². The molecule has 4 rings (SSSR count). The van der Waals surface area contributed by atoms with E-state index in [4.69, 9.17) is 4.98 Å². The van der Waals surface area contributed by atoms with Crippen molar-refractivity contribution in [1.29, 1.82) is 0 Å².